The highest BCUT2D eigenvalue weighted by Gasteiger charge is 2.50. The van der Waals surface area contributed by atoms with Gasteiger partial charge in [-0.05, 0) is 6.92 Å². The highest BCUT2D eigenvalue weighted by atomic mass is 19.1. The summed E-state index contributed by atoms with van der Waals surface area (Å²) < 4.78 is 29.1. The van der Waals surface area contributed by atoms with Crippen LogP contribution in [0.25, 0.3) is 0 Å². The van der Waals surface area contributed by atoms with Crippen LogP contribution in [0.15, 0.2) is 0 Å². The average molecular weight is 328 g/mol. The molecule has 0 aromatic carbocycles. The molecule has 9 nitrogen and oxygen atoms in total. The van der Waals surface area contributed by atoms with Crippen LogP contribution >= 0.6 is 0 Å². The molecule has 2 aliphatic rings. The SMILES string of the molecule is C[C@@H]1O[C@@H](O[C@H]2C(O)O[C@H](CO)[C@H](O)[C@@H]2F)[C@H](O)[C@H](O)[C@H]1O. The van der Waals surface area contributed by atoms with Crippen molar-refractivity contribution in [1.29, 1.82) is 0 Å². The molecule has 130 valence electrons. The Morgan fingerprint density at radius 2 is 1.59 bits per heavy atom. The van der Waals surface area contributed by atoms with E-state index in [1.54, 1.807) is 0 Å². The number of hydrogen-bond acceptors (Lipinski definition) is 9. The summed E-state index contributed by atoms with van der Waals surface area (Å²) in [4.78, 5) is 0. The minimum Gasteiger partial charge on any atom is -0.394 e. The number of aliphatic hydroxyl groups excluding tert-OH is 6. The van der Waals surface area contributed by atoms with Crippen LogP contribution in [-0.2, 0) is 14.2 Å². The van der Waals surface area contributed by atoms with Gasteiger partial charge in [-0.1, -0.05) is 0 Å². The molecule has 2 fully saturated rings. The minimum atomic E-state index is -2.11. The van der Waals surface area contributed by atoms with Crippen LogP contribution in [0, 0.1) is 0 Å². The third-order valence-electron chi connectivity index (χ3n) is 3.90. The van der Waals surface area contributed by atoms with Crippen LogP contribution in [0.5, 0.6) is 0 Å². The van der Waals surface area contributed by atoms with Crippen LogP contribution < -0.4 is 0 Å². The lowest BCUT2D eigenvalue weighted by Crippen LogP contribution is -2.62. The zero-order valence-corrected chi connectivity index (χ0v) is 11.8. The molecule has 0 spiro atoms. The highest BCUT2D eigenvalue weighted by molar-refractivity contribution is 4.92. The van der Waals surface area contributed by atoms with E-state index in [-0.39, 0.29) is 0 Å². The summed E-state index contributed by atoms with van der Waals surface area (Å²) in [6.45, 7) is 0.712. The Balaban J connectivity index is 2.06. The van der Waals surface area contributed by atoms with Crippen molar-refractivity contribution in [3.63, 3.8) is 0 Å². The van der Waals surface area contributed by atoms with E-state index in [1.165, 1.54) is 6.92 Å². The number of halogens is 1. The van der Waals surface area contributed by atoms with Gasteiger partial charge in [0.15, 0.2) is 18.8 Å². The number of ether oxygens (including phenoxy) is 3. The minimum absolute atomic E-state index is 0.699. The summed E-state index contributed by atoms with van der Waals surface area (Å²) in [6, 6.07) is 0. The number of aliphatic hydroxyl groups is 6. The van der Waals surface area contributed by atoms with Crippen LogP contribution in [0.4, 0.5) is 4.39 Å². The van der Waals surface area contributed by atoms with Gasteiger partial charge in [0.05, 0.1) is 12.7 Å². The van der Waals surface area contributed by atoms with Crippen molar-refractivity contribution in [1.82, 2.24) is 0 Å². The molecule has 2 saturated heterocycles. The lowest BCUT2D eigenvalue weighted by atomic mass is 9.98. The molecule has 0 aromatic rings. The zero-order valence-electron chi connectivity index (χ0n) is 11.8. The first kappa shape index (κ1) is 17.9. The topological polar surface area (TPSA) is 149 Å². The Morgan fingerprint density at radius 3 is 2.18 bits per heavy atom. The van der Waals surface area contributed by atoms with Gasteiger partial charge in [0.25, 0.3) is 0 Å². The highest BCUT2D eigenvalue weighted by Crippen LogP contribution is 2.29. The molecule has 0 aromatic heterocycles. The third-order valence-corrected chi connectivity index (χ3v) is 3.90. The average Bonchev–Trinajstić information content (AvgIpc) is 2.49. The standard InChI is InChI=1S/C12H21FO9/c1-3-6(15)8(17)9(18)12(20-3)22-10-5(13)7(16)4(2-14)21-11(10)19/h3-12,14-19H,2H2,1H3/t3-,4+,5-,6-,7-,8+,9+,10+,11?,12-/m0/s1. The van der Waals surface area contributed by atoms with Gasteiger partial charge in [0.2, 0.25) is 0 Å². The van der Waals surface area contributed by atoms with Gasteiger partial charge in [-0.2, -0.15) is 0 Å². The summed E-state index contributed by atoms with van der Waals surface area (Å²) in [7, 11) is 0. The zero-order chi connectivity index (χ0) is 16.6. The van der Waals surface area contributed by atoms with Crippen LogP contribution in [0.3, 0.4) is 0 Å². The van der Waals surface area contributed by atoms with Crippen molar-refractivity contribution in [3.8, 4) is 0 Å². The molecule has 2 rings (SSSR count). The molecule has 2 aliphatic heterocycles. The van der Waals surface area contributed by atoms with Gasteiger partial charge in [0, 0.05) is 0 Å². The van der Waals surface area contributed by atoms with Gasteiger partial charge in [-0.3, -0.25) is 0 Å². The van der Waals surface area contributed by atoms with E-state index in [0.29, 0.717) is 0 Å². The quantitative estimate of drug-likeness (QED) is 0.312. The molecule has 2 heterocycles. The number of rotatable bonds is 3. The Morgan fingerprint density at radius 1 is 0.955 bits per heavy atom. The van der Waals surface area contributed by atoms with Crippen molar-refractivity contribution in [2.45, 2.75) is 68.4 Å². The summed E-state index contributed by atoms with van der Waals surface area (Å²) in [5, 5.41) is 57.2. The second kappa shape index (κ2) is 6.99. The predicted octanol–water partition coefficient (Wildman–Crippen LogP) is -3.39. The van der Waals surface area contributed by atoms with Crippen LogP contribution in [-0.4, -0.2) is 98.7 Å². The van der Waals surface area contributed by atoms with E-state index in [9.17, 15) is 29.9 Å². The molecule has 1 unspecified atom stereocenters. The van der Waals surface area contributed by atoms with Gasteiger partial charge in [-0.25, -0.2) is 4.39 Å². The third kappa shape index (κ3) is 3.25. The lowest BCUT2D eigenvalue weighted by molar-refractivity contribution is -0.352. The van der Waals surface area contributed by atoms with Gasteiger partial charge in [0.1, 0.15) is 36.6 Å². The normalized spacial score (nSPS) is 53.5. The summed E-state index contributed by atoms with van der Waals surface area (Å²) in [5.74, 6) is 0. The Kier molecular flexibility index (Phi) is 5.69. The predicted molar refractivity (Wildman–Crippen MR) is 66.1 cm³/mol. The van der Waals surface area contributed by atoms with Crippen molar-refractivity contribution in [2.24, 2.45) is 0 Å². The van der Waals surface area contributed by atoms with Gasteiger partial charge >= 0.3 is 0 Å². The molecule has 0 saturated carbocycles. The van der Waals surface area contributed by atoms with E-state index in [4.69, 9.17) is 19.3 Å². The lowest BCUT2D eigenvalue weighted by Gasteiger charge is -2.44. The van der Waals surface area contributed by atoms with E-state index < -0.39 is 68.1 Å². The van der Waals surface area contributed by atoms with Crippen molar-refractivity contribution >= 4 is 0 Å². The molecule has 6 N–H and O–H groups in total. The molecule has 0 aliphatic carbocycles. The molecular formula is C12H21FO9. The molecular weight excluding hydrogens is 307 g/mol. The van der Waals surface area contributed by atoms with Gasteiger partial charge < -0.3 is 44.8 Å². The molecule has 10 atom stereocenters. The molecule has 0 amide bonds. The first-order valence-corrected chi connectivity index (χ1v) is 6.89. The van der Waals surface area contributed by atoms with Crippen molar-refractivity contribution in [3.05, 3.63) is 0 Å². The van der Waals surface area contributed by atoms with Crippen molar-refractivity contribution < 1.29 is 49.2 Å². The van der Waals surface area contributed by atoms with E-state index in [1.807, 2.05) is 0 Å². The largest absolute Gasteiger partial charge is 0.394 e. The summed E-state index contributed by atoms with van der Waals surface area (Å²) >= 11 is 0. The number of alkyl halides is 1. The van der Waals surface area contributed by atoms with Crippen molar-refractivity contribution in [2.75, 3.05) is 6.61 Å². The fraction of sp³-hybridized carbons (Fsp3) is 1.00. The maximum atomic E-state index is 14.1. The maximum Gasteiger partial charge on any atom is 0.187 e. The fourth-order valence-electron chi connectivity index (χ4n) is 2.47. The first-order chi connectivity index (χ1) is 10.3. The number of hydrogen-bond donors (Lipinski definition) is 6. The summed E-state index contributed by atoms with van der Waals surface area (Å²) in [5.41, 5.74) is 0. The molecule has 0 bridgehead atoms. The summed E-state index contributed by atoms with van der Waals surface area (Å²) in [6.07, 6.45) is -15.7. The van der Waals surface area contributed by atoms with E-state index in [0.717, 1.165) is 0 Å². The monoisotopic (exact) mass is 328 g/mol. The second-order valence-corrected chi connectivity index (χ2v) is 5.46. The molecule has 22 heavy (non-hydrogen) atoms. The molecule has 10 heteroatoms. The molecule has 0 radical (unpaired) electrons. The first-order valence-electron chi connectivity index (χ1n) is 6.89. The van der Waals surface area contributed by atoms with Gasteiger partial charge in [-0.15, -0.1) is 0 Å². The van der Waals surface area contributed by atoms with E-state index >= 15 is 0 Å². The Hall–Kier alpha value is -0.430. The Labute approximate surface area is 125 Å². The van der Waals surface area contributed by atoms with Crippen LogP contribution in [0.1, 0.15) is 6.92 Å². The second-order valence-electron chi connectivity index (χ2n) is 5.46. The van der Waals surface area contributed by atoms with Crippen LogP contribution in [0.2, 0.25) is 0 Å². The fourth-order valence-corrected chi connectivity index (χ4v) is 2.47. The maximum absolute atomic E-state index is 14.1. The van der Waals surface area contributed by atoms with E-state index in [2.05, 4.69) is 0 Å². The smallest absolute Gasteiger partial charge is 0.187 e. The Bertz CT molecular complexity index is 373.